The molecule has 9 heterocycles. The highest BCUT2D eigenvalue weighted by Crippen LogP contribution is 2.33. The maximum atomic E-state index is 13.1. The van der Waals surface area contributed by atoms with E-state index in [1.54, 1.807) is 0 Å². The number of carbonyl (C=O) groups excluding carboxylic acids is 4. The molecule has 4 aromatic heterocycles. The van der Waals surface area contributed by atoms with E-state index in [4.69, 9.17) is 20.7 Å². The third-order valence-electron chi connectivity index (χ3n) is 23.5. The molecule has 0 unspecified atom stereocenters. The minimum Gasteiger partial charge on any atom is -0.372 e. The number of nitrogen functional groups attached to an aromatic ring is 1. The summed E-state index contributed by atoms with van der Waals surface area (Å²) >= 11 is 0. The van der Waals surface area contributed by atoms with E-state index < -0.39 is 0 Å². The predicted molar refractivity (Wildman–Crippen MR) is 427 cm³/mol. The maximum absolute atomic E-state index is 13.1. The van der Waals surface area contributed by atoms with E-state index in [0.29, 0.717) is 36.1 Å². The number of amides is 3. The summed E-state index contributed by atoms with van der Waals surface area (Å²) in [4.78, 5) is 102. The lowest BCUT2D eigenvalue weighted by Gasteiger charge is -2.36. The molecule has 2 aromatic carbocycles. The molecule has 0 spiro atoms. The topological polar surface area (TPSA) is 241 Å². The minimum absolute atomic E-state index is 0.223. The van der Waals surface area contributed by atoms with Crippen molar-refractivity contribution in [1.29, 1.82) is 0 Å². The molecule has 580 valence electrons. The number of nitrogens with zero attached hydrogens (tertiary/aromatic N) is 19. The first-order valence-corrected chi connectivity index (χ1v) is 40.9. The SMILES string of the molecule is CCN(CC)c1ccc(C=O)cc1.CCN1CCN(CCCn2cnc3c(N4CCN(C(=O)C5CCCC5)CC4)nc(N)nc32)CC1.CCN1CCN(CCCn2cnc3c(N4CCN(C(=O)C5CCCC5)CC4)nc(NCc4ccc(N(CC)CC)cc4)nc32)CC1.O=C(C1CCCC1)N1CCNCC1. The average molecular weight is 1460 g/mol. The fourth-order valence-corrected chi connectivity index (χ4v) is 16.7. The first kappa shape index (κ1) is 79.3. The zero-order chi connectivity index (χ0) is 74.2. The van der Waals surface area contributed by atoms with E-state index in [-0.39, 0.29) is 17.8 Å². The van der Waals surface area contributed by atoms with Gasteiger partial charge in [-0.1, -0.05) is 64.5 Å². The fourth-order valence-electron chi connectivity index (χ4n) is 16.7. The molecular formula is C80H126N22O4. The summed E-state index contributed by atoms with van der Waals surface area (Å²) < 4.78 is 4.31. The minimum atomic E-state index is 0.223. The van der Waals surface area contributed by atoms with Crippen LogP contribution in [0.4, 0.5) is 34.9 Å². The molecule has 4 N–H and O–H groups in total. The Kier molecular flexibility index (Phi) is 30.2. The second-order valence-corrected chi connectivity index (χ2v) is 30.0. The third kappa shape index (κ3) is 21.3. The van der Waals surface area contributed by atoms with Gasteiger partial charge >= 0.3 is 0 Å². The highest BCUT2D eigenvalue weighted by molar-refractivity contribution is 5.87. The van der Waals surface area contributed by atoms with Crippen molar-refractivity contribution in [3.8, 4) is 0 Å². The van der Waals surface area contributed by atoms with Gasteiger partial charge in [-0.3, -0.25) is 19.2 Å². The van der Waals surface area contributed by atoms with Gasteiger partial charge in [-0.25, -0.2) is 9.97 Å². The van der Waals surface area contributed by atoms with Gasteiger partial charge in [0.05, 0.1) is 12.7 Å². The number of hydrogen-bond acceptors (Lipinski definition) is 21. The van der Waals surface area contributed by atoms with E-state index in [2.05, 4.69) is 145 Å². The summed E-state index contributed by atoms with van der Waals surface area (Å²) in [6.07, 6.45) is 20.5. The summed E-state index contributed by atoms with van der Waals surface area (Å²) in [5, 5.41) is 6.79. The maximum Gasteiger partial charge on any atom is 0.227 e. The number of aromatic nitrogens is 8. The summed E-state index contributed by atoms with van der Waals surface area (Å²) in [6.45, 7) is 42.9. The second kappa shape index (κ2) is 40.4. The lowest BCUT2D eigenvalue weighted by molar-refractivity contribution is -0.136. The van der Waals surface area contributed by atoms with Gasteiger partial charge in [0.25, 0.3) is 0 Å². The van der Waals surface area contributed by atoms with Crippen LogP contribution in [-0.4, -0.2) is 281 Å². The third-order valence-corrected chi connectivity index (χ3v) is 23.5. The summed E-state index contributed by atoms with van der Waals surface area (Å²) in [5.74, 6) is 4.49. The Labute approximate surface area is 631 Å². The standard InChI is InChI=1S/C35H54N10O.C24H39N9O.C11H15NO.C10H18N2O/c1-4-40-18-20-41(21-19-40)16-9-17-45-27-37-31-32(43-22-24-44(25-23-43)34(46)29-10-7-8-11-29)38-35(39-33(31)45)36-26-28-12-14-30(15-13-28)42(5-2)6-3;1-2-29-10-12-30(13-11-29)8-5-9-33-18-26-20-21(27-24(25)28-22(20)33)31-14-16-32(17-15-31)23(34)19-6-3-4-7-19;1-3-12(4-2)11-7-5-10(9-13)6-8-11;13-10(9-3-1-2-4-9)12-7-5-11-6-8-12/h12-15,27,29H,4-11,16-26H2,1-3H3,(H,36,38,39);18-19H,2-17H2,1H3,(H2,25,27,28);5-9H,3-4H2,1-2H3;9,11H,1-8H2. The van der Waals surface area contributed by atoms with Gasteiger partial charge < -0.3 is 79.4 Å². The number of aldehydes is 1. The van der Waals surface area contributed by atoms with Gasteiger partial charge in [0.1, 0.15) is 6.29 Å². The van der Waals surface area contributed by atoms with Gasteiger partial charge in [0.2, 0.25) is 29.6 Å². The van der Waals surface area contributed by atoms with Crippen molar-refractivity contribution in [3.63, 3.8) is 0 Å². The van der Waals surface area contributed by atoms with E-state index in [0.717, 1.165) is 294 Å². The molecule has 8 aliphatic rings. The molecule has 5 aliphatic heterocycles. The molecule has 5 saturated heterocycles. The van der Waals surface area contributed by atoms with Crippen molar-refractivity contribution in [3.05, 3.63) is 72.3 Å². The molecular weight excluding hydrogens is 1330 g/mol. The fraction of sp³-hybridized carbons (Fsp3) is 0.675. The van der Waals surface area contributed by atoms with Crippen molar-refractivity contribution >= 4 is 81.2 Å². The number of anilines is 6. The number of piperazine rings is 5. The Balaban J connectivity index is 0.000000161. The lowest BCUT2D eigenvalue weighted by atomic mass is 10.1. The summed E-state index contributed by atoms with van der Waals surface area (Å²) in [7, 11) is 0. The van der Waals surface area contributed by atoms with Gasteiger partial charge in [-0.05, 0) is 147 Å². The average Bonchev–Trinajstić information content (AvgIpc) is 1.57. The van der Waals surface area contributed by atoms with E-state index in [1.165, 1.54) is 55.5 Å². The van der Waals surface area contributed by atoms with Crippen LogP contribution < -0.4 is 36.0 Å². The number of carbonyl (C=O) groups is 4. The molecule has 14 rings (SSSR count). The van der Waals surface area contributed by atoms with Crippen molar-refractivity contribution in [2.45, 2.75) is 151 Å². The molecule has 0 bridgehead atoms. The molecule has 3 aliphatic carbocycles. The largest absolute Gasteiger partial charge is 0.372 e. The number of aryl methyl sites for hydroxylation is 2. The zero-order valence-electron chi connectivity index (χ0n) is 65.1. The van der Waals surface area contributed by atoms with Crippen LogP contribution in [0.25, 0.3) is 22.3 Å². The monoisotopic (exact) mass is 1460 g/mol. The van der Waals surface area contributed by atoms with Crippen molar-refractivity contribution < 1.29 is 19.2 Å². The van der Waals surface area contributed by atoms with Gasteiger partial charge in [0, 0.05) is 211 Å². The highest BCUT2D eigenvalue weighted by atomic mass is 16.2. The number of likely N-dealkylation sites (N-methyl/N-ethyl adjacent to an activating group) is 2. The van der Waals surface area contributed by atoms with Crippen molar-refractivity contribution in [2.24, 2.45) is 17.8 Å². The number of benzene rings is 2. The van der Waals surface area contributed by atoms with E-state index in [1.807, 2.05) is 46.7 Å². The summed E-state index contributed by atoms with van der Waals surface area (Å²) in [5.41, 5.74) is 13.8. The Morgan fingerprint density at radius 2 is 0.858 bits per heavy atom. The Morgan fingerprint density at radius 1 is 0.472 bits per heavy atom. The van der Waals surface area contributed by atoms with Crippen LogP contribution >= 0.6 is 0 Å². The first-order chi connectivity index (χ1) is 51.9. The van der Waals surface area contributed by atoms with Crippen molar-refractivity contribution in [2.75, 3.05) is 214 Å². The van der Waals surface area contributed by atoms with Crippen LogP contribution in [-0.2, 0) is 34.0 Å². The van der Waals surface area contributed by atoms with Crippen molar-refractivity contribution in [1.82, 2.24) is 78.7 Å². The summed E-state index contributed by atoms with van der Waals surface area (Å²) in [6, 6.07) is 16.4. The Morgan fingerprint density at radius 3 is 1.26 bits per heavy atom. The van der Waals surface area contributed by atoms with Gasteiger partial charge in [0.15, 0.2) is 34.0 Å². The molecule has 0 atom stereocenters. The Bertz CT molecular complexity index is 3640. The van der Waals surface area contributed by atoms with Crippen LogP contribution in [0.3, 0.4) is 0 Å². The molecule has 6 aromatic rings. The first-order valence-electron chi connectivity index (χ1n) is 40.9. The highest BCUT2D eigenvalue weighted by Gasteiger charge is 2.34. The van der Waals surface area contributed by atoms with Crippen LogP contribution in [0.5, 0.6) is 0 Å². The second-order valence-electron chi connectivity index (χ2n) is 30.0. The molecule has 3 saturated carbocycles. The number of rotatable bonds is 25. The van der Waals surface area contributed by atoms with Gasteiger partial charge in [-0.2, -0.15) is 19.9 Å². The number of nitrogens with one attached hydrogen (secondary N) is 2. The quantitative estimate of drug-likeness (QED) is 0.0456. The Hall–Kier alpha value is -7.78. The molecule has 106 heavy (non-hydrogen) atoms. The normalized spacial score (nSPS) is 19.1. The van der Waals surface area contributed by atoms with E-state index in [9.17, 15) is 19.2 Å². The van der Waals surface area contributed by atoms with Crippen LogP contribution in [0, 0.1) is 17.8 Å². The van der Waals surface area contributed by atoms with Crippen LogP contribution in [0.15, 0.2) is 61.2 Å². The molecule has 0 radical (unpaired) electrons. The number of nitrogens with two attached hydrogens (primary N) is 1. The molecule has 26 heteroatoms. The number of fused-ring (bicyclic) bond motifs is 2. The zero-order valence-corrected chi connectivity index (χ0v) is 65.1. The number of hydrogen-bond donors (Lipinski definition) is 3. The predicted octanol–water partition coefficient (Wildman–Crippen LogP) is 8.38. The molecule has 3 amide bonds. The van der Waals surface area contributed by atoms with Crippen LogP contribution in [0.1, 0.15) is 147 Å². The number of imidazole rings is 2. The lowest BCUT2D eigenvalue weighted by Crippen LogP contribution is -2.50. The van der Waals surface area contributed by atoms with Crippen LogP contribution in [0.2, 0.25) is 0 Å². The smallest absolute Gasteiger partial charge is 0.227 e. The molecule has 8 fully saturated rings. The molecule has 26 nitrogen and oxygen atoms in total. The van der Waals surface area contributed by atoms with E-state index >= 15 is 0 Å². The van der Waals surface area contributed by atoms with Gasteiger partial charge in [-0.15, -0.1) is 0 Å².